The zero-order valence-electron chi connectivity index (χ0n) is 10.7. The Kier molecular flexibility index (Phi) is 6.38. The second kappa shape index (κ2) is 7.81. The fraction of sp³-hybridized carbons (Fsp3) is 0.385. The van der Waals surface area contributed by atoms with E-state index in [-0.39, 0.29) is 23.5 Å². The molecule has 1 rings (SSSR count). The lowest BCUT2D eigenvalue weighted by Crippen LogP contribution is -2.34. The van der Waals surface area contributed by atoms with E-state index in [1.165, 1.54) is 11.8 Å². The molecule has 19 heavy (non-hydrogen) atoms. The average Bonchev–Trinajstić information content (AvgIpc) is 2.39. The molecule has 1 aromatic carbocycles. The number of carboxylic acid groups (broad SMARTS) is 1. The van der Waals surface area contributed by atoms with Gasteiger partial charge in [-0.15, -0.1) is 11.8 Å². The van der Waals surface area contributed by atoms with Crippen LogP contribution in [0.3, 0.4) is 0 Å². The molecule has 0 bridgehead atoms. The fourth-order valence-corrected chi connectivity index (χ4v) is 2.24. The summed E-state index contributed by atoms with van der Waals surface area (Å²) in [5.41, 5.74) is 6.37. The lowest BCUT2D eigenvalue weighted by atomic mass is 10.1. The summed E-state index contributed by atoms with van der Waals surface area (Å²) in [6.07, 6.45) is 0. The molecule has 0 aliphatic heterocycles. The number of benzene rings is 1. The molecule has 5 nitrogen and oxygen atoms in total. The Morgan fingerprint density at radius 3 is 2.58 bits per heavy atom. The van der Waals surface area contributed by atoms with Gasteiger partial charge in [-0.3, -0.25) is 9.59 Å². The van der Waals surface area contributed by atoms with Crippen molar-refractivity contribution >= 4 is 23.6 Å². The monoisotopic (exact) mass is 282 g/mol. The molecule has 1 unspecified atom stereocenters. The molecule has 0 radical (unpaired) electrons. The van der Waals surface area contributed by atoms with E-state index in [1.54, 1.807) is 0 Å². The summed E-state index contributed by atoms with van der Waals surface area (Å²) >= 11 is 1.22. The first-order chi connectivity index (χ1) is 9.00. The SMILES string of the molecule is CC(NC(=O)CSC[C@H](N)C(=O)O)c1ccccc1. The maximum absolute atomic E-state index is 11.7. The van der Waals surface area contributed by atoms with Crippen molar-refractivity contribution in [2.24, 2.45) is 5.73 Å². The second-order valence-corrected chi connectivity index (χ2v) is 5.19. The van der Waals surface area contributed by atoms with E-state index in [4.69, 9.17) is 10.8 Å². The van der Waals surface area contributed by atoms with Crippen LogP contribution in [0.25, 0.3) is 0 Å². The van der Waals surface area contributed by atoms with Gasteiger partial charge in [0.25, 0.3) is 0 Å². The summed E-state index contributed by atoms with van der Waals surface area (Å²) in [5.74, 6) is -0.745. The van der Waals surface area contributed by atoms with E-state index in [9.17, 15) is 9.59 Å². The molecule has 104 valence electrons. The predicted octanol–water partition coefficient (Wildman–Crippen LogP) is 1.01. The Morgan fingerprint density at radius 2 is 2.00 bits per heavy atom. The van der Waals surface area contributed by atoms with Crippen LogP contribution >= 0.6 is 11.8 Å². The fourth-order valence-electron chi connectivity index (χ4n) is 1.46. The van der Waals surface area contributed by atoms with E-state index in [1.807, 2.05) is 37.3 Å². The largest absolute Gasteiger partial charge is 0.480 e. The minimum atomic E-state index is -1.05. The molecule has 1 amide bonds. The molecule has 0 spiro atoms. The highest BCUT2D eigenvalue weighted by Crippen LogP contribution is 2.11. The minimum absolute atomic E-state index is 0.0672. The van der Waals surface area contributed by atoms with Gasteiger partial charge in [0, 0.05) is 5.75 Å². The summed E-state index contributed by atoms with van der Waals surface area (Å²) < 4.78 is 0. The zero-order valence-corrected chi connectivity index (χ0v) is 11.5. The molecule has 0 aromatic heterocycles. The Hall–Kier alpha value is -1.53. The summed E-state index contributed by atoms with van der Waals surface area (Å²) in [5, 5.41) is 11.5. The third-order valence-corrected chi connectivity index (χ3v) is 3.59. The van der Waals surface area contributed by atoms with Gasteiger partial charge in [-0.1, -0.05) is 30.3 Å². The number of thioether (sulfide) groups is 1. The third-order valence-electron chi connectivity index (χ3n) is 2.52. The molecule has 6 heteroatoms. The Bertz CT molecular complexity index is 425. The molecule has 0 aliphatic carbocycles. The molecular weight excluding hydrogens is 264 g/mol. The highest BCUT2D eigenvalue weighted by atomic mass is 32.2. The molecule has 2 atom stereocenters. The van der Waals surface area contributed by atoms with Crippen LogP contribution in [-0.4, -0.2) is 34.5 Å². The van der Waals surface area contributed by atoms with Crippen molar-refractivity contribution in [3.05, 3.63) is 35.9 Å². The van der Waals surface area contributed by atoms with Gasteiger partial charge < -0.3 is 16.2 Å². The molecular formula is C13H18N2O3S. The normalized spacial score (nSPS) is 13.6. The first-order valence-electron chi connectivity index (χ1n) is 5.91. The number of carbonyl (C=O) groups is 2. The van der Waals surface area contributed by atoms with Crippen LogP contribution in [0.15, 0.2) is 30.3 Å². The molecule has 0 aliphatic rings. The molecule has 0 heterocycles. The standard InChI is InChI=1S/C13H18N2O3S/c1-9(10-5-3-2-4-6-10)15-12(16)8-19-7-11(14)13(17)18/h2-6,9,11H,7-8,14H2,1H3,(H,15,16)(H,17,18)/t9?,11-/m0/s1. The predicted molar refractivity (Wildman–Crippen MR) is 75.9 cm³/mol. The molecule has 4 N–H and O–H groups in total. The van der Waals surface area contributed by atoms with Gasteiger partial charge in [-0.2, -0.15) is 0 Å². The number of nitrogens with one attached hydrogen (secondary N) is 1. The Labute approximate surface area is 116 Å². The van der Waals surface area contributed by atoms with E-state index < -0.39 is 12.0 Å². The van der Waals surface area contributed by atoms with Crippen LogP contribution < -0.4 is 11.1 Å². The van der Waals surface area contributed by atoms with E-state index in [2.05, 4.69) is 5.32 Å². The van der Waals surface area contributed by atoms with E-state index in [0.717, 1.165) is 5.56 Å². The van der Waals surface area contributed by atoms with Gasteiger partial charge in [0.05, 0.1) is 11.8 Å². The van der Waals surface area contributed by atoms with Crippen LogP contribution in [-0.2, 0) is 9.59 Å². The van der Waals surface area contributed by atoms with Crippen LogP contribution in [0.2, 0.25) is 0 Å². The third kappa shape index (κ3) is 5.76. The Morgan fingerprint density at radius 1 is 1.37 bits per heavy atom. The summed E-state index contributed by atoms with van der Waals surface area (Å²) in [4.78, 5) is 22.2. The van der Waals surface area contributed by atoms with Gasteiger partial charge in [-0.25, -0.2) is 0 Å². The summed E-state index contributed by atoms with van der Waals surface area (Å²) in [6.45, 7) is 1.90. The van der Waals surface area contributed by atoms with Crippen LogP contribution in [0.1, 0.15) is 18.5 Å². The van der Waals surface area contributed by atoms with Gasteiger partial charge >= 0.3 is 5.97 Å². The molecule has 0 saturated heterocycles. The molecule has 0 fully saturated rings. The van der Waals surface area contributed by atoms with Crippen molar-refractivity contribution in [1.29, 1.82) is 0 Å². The highest BCUT2D eigenvalue weighted by Gasteiger charge is 2.13. The van der Waals surface area contributed by atoms with Crippen LogP contribution in [0.4, 0.5) is 0 Å². The Balaban J connectivity index is 2.30. The lowest BCUT2D eigenvalue weighted by Gasteiger charge is -2.14. The quantitative estimate of drug-likeness (QED) is 0.694. The maximum Gasteiger partial charge on any atom is 0.321 e. The van der Waals surface area contributed by atoms with Crippen molar-refractivity contribution in [3.8, 4) is 0 Å². The van der Waals surface area contributed by atoms with Crippen LogP contribution in [0.5, 0.6) is 0 Å². The van der Waals surface area contributed by atoms with Crippen molar-refractivity contribution in [2.75, 3.05) is 11.5 Å². The number of hydrogen-bond donors (Lipinski definition) is 3. The number of rotatable bonds is 7. The van der Waals surface area contributed by atoms with Crippen LogP contribution in [0, 0.1) is 0 Å². The van der Waals surface area contributed by atoms with Crippen molar-refractivity contribution < 1.29 is 14.7 Å². The lowest BCUT2D eigenvalue weighted by molar-refractivity contribution is -0.138. The second-order valence-electron chi connectivity index (χ2n) is 4.16. The molecule has 1 aromatic rings. The topological polar surface area (TPSA) is 92.4 Å². The number of amides is 1. The number of nitrogens with two attached hydrogens (primary N) is 1. The van der Waals surface area contributed by atoms with Gasteiger partial charge in [0.15, 0.2) is 0 Å². The first-order valence-corrected chi connectivity index (χ1v) is 7.06. The number of carboxylic acids is 1. The zero-order chi connectivity index (χ0) is 14.3. The minimum Gasteiger partial charge on any atom is -0.480 e. The first kappa shape index (κ1) is 15.5. The maximum atomic E-state index is 11.7. The van der Waals surface area contributed by atoms with Gasteiger partial charge in [-0.05, 0) is 12.5 Å². The number of hydrogen-bond acceptors (Lipinski definition) is 4. The smallest absolute Gasteiger partial charge is 0.321 e. The van der Waals surface area contributed by atoms with E-state index in [0.29, 0.717) is 0 Å². The van der Waals surface area contributed by atoms with Crippen molar-refractivity contribution in [1.82, 2.24) is 5.32 Å². The molecule has 0 saturated carbocycles. The highest BCUT2D eigenvalue weighted by molar-refractivity contribution is 8.00. The summed E-state index contributed by atoms with van der Waals surface area (Å²) in [6, 6.07) is 8.64. The number of carbonyl (C=O) groups excluding carboxylic acids is 1. The summed E-state index contributed by atoms with van der Waals surface area (Å²) in [7, 11) is 0. The van der Waals surface area contributed by atoms with Crippen molar-refractivity contribution in [3.63, 3.8) is 0 Å². The van der Waals surface area contributed by atoms with Gasteiger partial charge in [0.1, 0.15) is 6.04 Å². The average molecular weight is 282 g/mol. The van der Waals surface area contributed by atoms with Crippen molar-refractivity contribution in [2.45, 2.75) is 19.0 Å². The number of aliphatic carboxylic acids is 1. The van der Waals surface area contributed by atoms with E-state index >= 15 is 0 Å². The van der Waals surface area contributed by atoms with Gasteiger partial charge in [0.2, 0.25) is 5.91 Å².